The zero-order chi connectivity index (χ0) is 35.9. The van der Waals surface area contributed by atoms with Crippen molar-refractivity contribution >= 4 is 40.7 Å². The molecule has 50 heavy (non-hydrogen) atoms. The Bertz CT molecular complexity index is 1860. The number of carbonyl (C=O) groups is 5. The van der Waals surface area contributed by atoms with E-state index in [2.05, 4.69) is 31.0 Å². The van der Waals surface area contributed by atoms with Crippen molar-refractivity contribution in [3.05, 3.63) is 86.8 Å². The van der Waals surface area contributed by atoms with E-state index in [4.69, 9.17) is 4.42 Å². The number of Topliss-reactive ketones (excluding diaryl/α,β-unsaturated/α-hetero) is 1. The van der Waals surface area contributed by atoms with Crippen molar-refractivity contribution < 1.29 is 28.4 Å². The van der Waals surface area contributed by atoms with E-state index in [1.54, 1.807) is 23.9 Å². The van der Waals surface area contributed by atoms with Gasteiger partial charge in [0.05, 0.1) is 23.8 Å². The normalized spacial score (nSPS) is 17.5. The van der Waals surface area contributed by atoms with Gasteiger partial charge in [0.1, 0.15) is 23.0 Å². The topological polar surface area (TPSA) is 181 Å². The lowest BCUT2D eigenvalue weighted by Crippen LogP contribution is -2.45. The molecule has 0 unspecified atom stereocenters. The summed E-state index contributed by atoms with van der Waals surface area (Å²) in [6.45, 7) is 9.03. The molecule has 0 saturated heterocycles. The van der Waals surface area contributed by atoms with Crippen LogP contribution in [0.5, 0.6) is 0 Å². The smallest absolute Gasteiger partial charge is 0.273 e. The second-order valence-corrected chi connectivity index (χ2v) is 13.6. The minimum Gasteiger partial charge on any atom is -0.446 e. The predicted molar refractivity (Wildman–Crippen MR) is 185 cm³/mol. The van der Waals surface area contributed by atoms with Crippen LogP contribution in [-0.2, 0) is 22.6 Å². The fourth-order valence-corrected chi connectivity index (χ4v) is 6.83. The molecule has 0 spiro atoms. The van der Waals surface area contributed by atoms with Gasteiger partial charge in [0.25, 0.3) is 11.8 Å². The number of ketones is 1. The molecule has 4 heterocycles. The molecule has 0 radical (unpaired) electrons. The third-order valence-electron chi connectivity index (χ3n) is 8.36. The third kappa shape index (κ3) is 8.88. The highest BCUT2D eigenvalue weighted by molar-refractivity contribution is 7.09. The average Bonchev–Trinajstić information content (AvgIpc) is 3.82. The molecule has 5 rings (SSSR count). The van der Waals surface area contributed by atoms with Gasteiger partial charge in [-0.2, -0.15) is 5.10 Å². The summed E-state index contributed by atoms with van der Waals surface area (Å²) in [5.74, 6) is -1.51. The molecule has 264 valence electrons. The lowest BCUT2D eigenvalue weighted by Gasteiger charge is -2.24. The first-order valence-electron chi connectivity index (χ1n) is 16.6. The van der Waals surface area contributed by atoms with Gasteiger partial charge in [-0.25, -0.2) is 9.97 Å². The molecule has 0 saturated carbocycles. The zero-order valence-electron chi connectivity index (χ0n) is 28.8. The van der Waals surface area contributed by atoms with E-state index in [0.29, 0.717) is 34.8 Å². The Hall–Kier alpha value is -5.18. The maximum Gasteiger partial charge on any atom is 0.273 e. The molecular weight excluding hydrogens is 661 g/mol. The minimum atomic E-state index is -0.755. The second kappa shape index (κ2) is 16.0. The number of fused-ring (bicyclic) bond motifs is 4. The van der Waals surface area contributed by atoms with Gasteiger partial charge >= 0.3 is 0 Å². The average molecular weight is 703 g/mol. The van der Waals surface area contributed by atoms with Gasteiger partial charge in [0.15, 0.2) is 11.5 Å². The van der Waals surface area contributed by atoms with Crippen molar-refractivity contribution in [1.29, 1.82) is 0 Å². The van der Waals surface area contributed by atoms with Crippen molar-refractivity contribution in [2.24, 2.45) is 5.92 Å². The van der Waals surface area contributed by atoms with E-state index in [-0.39, 0.29) is 67.5 Å². The molecule has 0 fully saturated rings. The number of hydrogen-bond donors (Lipinski definition) is 3. The van der Waals surface area contributed by atoms with Crippen molar-refractivity contribution in [1.82, 2.24) is 40.6 Å². The fraction of sp³-hybridized carbons (Fsp3) is 0.429. The van der Waals surface area contributed by atoms with Crippen LogP contribution in [0.1, 0.15) is 105 Å². The number of aryl methyl sites for hydroxylation is 2. The van der Waals surface area contributed by atoms with Crippen molar-refractivity contribution in [2.45, 2.75) is 72.5 Å². The molecule has 3 aromatic heterocycles. The Morgan fingerprint density at radius 1 is 1.02 bits per heavy atom. The van der Waals surface area contributed by atoms with Crippen molar-refractivity contribution in [2.75, 3.05) is 19.6 Å². The van der Waals surface area contributed by atoms with Gasteiger partial charge in [-0.15, -0.1) is 11.3 Å². The van der Waals surface area contributed by atoms with Crippen molar-refractivity contribution in [3.8, 4) is 0 Å². The van der Waals surface area contributed by atoms with Gasteiger partial charge in [-0.05, 0) is 38.7 Å². The summed E-state index contributed by atoms with van der Waals surface area (Å²) in [6, 6.07) is 8.22. The SMILES string of the molecule is CC(=O)c1c(C)nn(CCC(=O)N2CCNC(=O)c3csc(n3)[C@H](CC(C)C)NC(=O)c3coc(n3)[C@H](Cc3ccccc3)NC(=O)C2)c1C. The molecule has 15 heteroatoms. The molecular formula is C35H42N8O6S. The van der Waals surface area contributed by atoms with Gasteiger partial charge in [-0.1, -0.05) is 44.2 Å². The largest absolute Gasteiger partial charge is 0.446 e. The molecule has 4 bridgehead atoms. The minimum absolute atomic E-state index is 0.00112. The number of thiazole rings is 1. The summed E-state index contributed by atoms with van der Waals surface area (Å²) in [7, 11) is 0. The fourth-order valence-electron chi connectivity index (χ4n) is 5.96. The van der Waals surface area contributed by atoms with Gasteiger partial charge < -0.3 is 25.3 Å². The maximum atomic E-state index is 13.6. The van der Waals surface area contributed by atoms with E-state index < -0.39 is 29.8 Å². The molecule has 3 N–H and O–H groups in total. The Labute approximate surface area is 294 Å². The van der Waals surface area contributed by atoms with Crippen LogP contribution >= 0.6 is 11.3 Å². The van der Waals surface area contributed by atoms with Crippen LogP contribution in [0.2, 0.25) is 0 Å². The van der Waals surface area contributed by atoms with E-state index >= 15 is 0 Å². The van der Waals surface area contributed by atoms with E-state index in [0.717, 1.165) is 5.56 Å². The standard InChI is InChI=1S/C35H42N8O6S/c1-20(2)15-26-35-40-28(19-50-35)32(47)36-12-14-42(30(46)11-13-43-22(4)31(23(5)44)21(3)41-43)17-29(45)37-25(16-24-9-7-6-8-10-24)34-39-27(18-49-34)33(48)38-26/h6-10,18-20,25-26H,11-17H2,1-5H3,(H,36,47)(H,37,45)(H,38,48)/t25-,26-/m0/s1. The number of carbonyl (C=O) groups excluding carboxylic acids is 5. The quantitative estimate of drug-likeness (QED) is 0.231. The Balaban J connectivity index is 1.43. The number of nitrogens with zero attached hydrogens (tertiary/aromatic N) is 5. The molecule has 1 aliphatic rings. The van der Waals surface area contributed by atoms with Crippen LogP contribution in [0, 0.1) is 19.8 Å². The Morgan fingerprint density at radius 2 is 1.78 bits per heavy atom. The van der Waals surface area contributed by atoms with Crippen LogP contribution < -0.4 is 16.0 Å². The highest BCUT2D eigenvalue weighted by atomic mass is 32.1. The van der Waals surface area contributed by atoms with Gasteiger partial charge in [0.2, 0.25) is 17.7 Å². The summed E-state index contributed by atoms with van der Waals surface area (Å²) >= 11 is 1.27. The summed E-state index contributed by atoms with van der Waals surface area (Å²) in [6.07, 6.45) is 2.14. The van der Waals surface area contributed by atoms with Crippen molar-refractivity contribution in [3.63, 3.8) is 0 Å². The number of oxazole rings is 1. The number of amides is 4. The summed E-state index contributed by atoms with van der Waals surface area (Å²) in [4.78, 5) is 76.2. The molecule has 1 aliphatic heterocycles. The van der Waals surface area contributed by atoms with E-state index in [1.807, 2.05) is 44.2 Å². The molecule has 0 aliphatic carbocycles. The molecule has 2 atom stereocenters. The summed E-state index contributed by atoms with van der Waals surface area (Å²) in [5, 5.41) is 15.4. The van der Waals surface area contributed by atoms with Crippen LogP contribution in [0.3, 0.4) is 0 Å². The molecule has 4 aromatic rings. The monoisotopic (exact) mass is 702 g/mol. The Morgan fingerprint density at radius 3 is 2.48 bits per heavy atom. The van der Waals surface area contributed by atoms with Gasteiger partial charge in [0, 0.05) is 43.5 Å². The molecule has 1 aromatic carbocycles. The second-order valence-electron chi connectivity index (χ2n) is 12.8. The Kier molecular flexibility index (Phi) is 11.6. The maximum absolute atomic E-state index is 13.6. The van der Waals surface area contributed by atoms with Crippen LogP contribution in [-0.4, -0.2) is 73.7 Å². The third-order valence-corrected chi connectivity index (χ3v) is 9.32. The predicted octanol–water partition coefficient (Wildman–Crippen LogP) is 3.73. The first-order chi connectivity index (χ1) is 23.9. The number of rotatable bonds is 8. The number of benzene rings is 1. The molecule has 4 amide bonds. The van der Waals surface area contributed by atoms with Gasteiger partial charge in [-0.3, -0.25) is 28.7 Å². The highest BCUT2D eigenvalue weighted by Crippen LogP contribution is 2.26. The first kappa shape index (κ1) is 36.1. The summed E-state index contributed by atoms with van der Waals surface area (Å²) in [5.41, 5.74) is 2.88. The lowest BCUT2D eigenvalue weighted by molar-refractivity contribution is -0.136. The summed E-state index contributed by atoms with van der Waals surface area (Å²) < 4.78 is 7.39. The van der Waals surface area contributed by atoms with Crippen LogP contribution in [0.25, 0.3) is 0 Å². The van der Waals surface area contributed by atoms with Crippen LogP contribution in [0.15, 0.2) is 46.4 Å². The van der Waals surface area contributed by atoms with E-state index in [9.17, 15) is 24.0 Å². The number of nitrogens with one attached hydrogen (secondary N) is 3. The lowest BCUT2D eigenvalue weighted by atomic mass is 10.0. The zero-order valence-corrected chi connectivity index (χ0v) is 29.6. The van der Waals surface area contributed by atoms with Crippen LogP contribution in [0.4, 0.5) is 0 Å². The first-order valence-corrected chi connectivity index (χ1v) is 17.4. The van der Waals surface area contributed by atoms with E-state index in [1.165, 1.54) is 29.4 Å². The number of aromatic nitrogens is 4. The molecule has 14 nitrogen and oxygen atoms in total. The highest BCUT2D eigenvalue weighted by Gasteiger charge is 2.28. The number of hydrogen-bond acceptors (Lipinski definition) is 10.